The van der Waals surface area contributed by atoms with Crippen molar-refractivity contribution in [1.29, 1.82) is 0 Å². The van der Waals surface area contributed by atoms with E-state index in [0.717, 1.165) is 49.5 Å². The summed E-state index contributed by atoms with van der Waals surface area (Å²) in [5.41, 5.74) is 5.63. The minimum absolute atomic E-state index is 0.105. The second kappa shape index (κ2) is 11.9. The van der Waals surface area contributed by atoms with Gasteiger partial charge in [-0.15, -0.1) is 0 Å². The number of rotatable bonds is 12. The van der Waals surface area contributed by atoms with E-state index in [4.69, 9.17) is 5.73 Å². The topological polar surface area (TPSA) is 109 Å². The highest BCUT2D eigenvalue weighted by molar-refractivity contribution is 7.89. The van der Waals surface area contributed by atoms with Crippen molar-refractivity contribution in [3.63, 3.8) is 0 Å². The summed E-state index contributed by atoms with van der Waals surface area (Å²) in [6, 6.07) is 9.21. The normalized spacial score (nSPS) is 11.9. The van der Waals surface area contributed by atoms with Gasteiger partial charge in [0.15, 0.2) is 5.13 Å². The van der Waals surface area contributed by atoms with Gasteiger partial charge in [-0.3, -0.25) is 4.79 Å². The predicted octanol–water partition coefficient (Wildman–Crippen LogP) is 4.33. The first-order valence-electron chi connectivity index (χ1n) is 11.4. The fourth-order valence-corrected chi connectivity index (χ4v) is 5.63. The molecule has 3 aromatic rings. The summed E-state index contributed by atoms with van der Waals surface area (Å²) in [5.74, 6) is -3.05. The fourth-order valence-electron chi connectivity index (χ4n) is 3.57. The zero-order chi connectivity index (χ0) is 26.5. The maximum atomic E-state index is 14.0. The maximum Gasteiger partial charge on any atom is 0.242 e. The molecule has 0 fully saturated rings. The average Bonchev–Trinajstić information content (AvgIpc) is 3.21. The van der Waals surface area contributed by atoms with E-state index in [1.165, 1.54) is 22.5 Å². The van der Waals surface area contributed by atoms with Gasteiger partial charge in [0.2, 0.25) is 15.8 Å². The standard InChI is InChI=1S/C24H29F2N5O3S2/c1-4-31(5-2)15-7-14-30(3)36(33,34)17-12-10-16(11-13-17)28-24-29-23(27)22(35-24)21(32)20-18(25)8-6-9-19(20)26/h6,8-13H,4-5,7,14-15,27H2,1-3H3,(H,28,29). The van der Waals surface area contributed by atoms with Gasteiger partial charge in [-0.1, -0.05) is 31.3 Å². The Morgan fingerprint density at radius 2 is 1.67 bits per heavy atom. The Bertz CT molecular complexity index is 1290. The number of ketones is 1. The van der Waals surface area contributed by atoms with Crippen LogP contribution in [0.4, 0.5) is 25.4 Å². The number of nitrogens with two attached hydrogens (primary N) is 1. The third kappa shape index (κ3) is 6.25. The Hall–Kier alpha value is -2.93. The molecule has 3 N–H and O–H groups in total. The second-order valence-corrected chi connectivity index (χ2v) is 11.1. The van der Waals surface area contributed by atoms with Crippen molar-refractivity contribution in [1.82, 2.24) is 14.2 Å². The van der Waals surface area contributed by atoms with Crippen LogP contribution in [0, 0.1) is 11.6 Å². The average molecular weight is 538 g/mol. The molecule has 0 saturated heterocycles. The highest BCUT2D eigenvalue weighted by Crippen LogP contribution is 2.31. The molecule has 0 atom stereocenters. The summed E-state index contributed by atoms with van der Waals surface area (Å²) in [4.78, 5) is 19.0. The molecule has 0 spiro atoms. The highest BCUT2D eigenvalue weighted by atomic mass is 32.2. The molecule has 12 heteroatoms. The van der Waals surface area contributed by atoms with E-state index in [1.807, 2.05) is 0 Å². The molecular weight excluding hydrogens is 508 g/mol. The van der Waals surface area contributed by atoms with Crippen LogP contribution < -0.4 is 11.1 Å². The zero-order valence-electron chi connectivity index (χ0n) is 20.3. The Balaban J connectivity index is 1.69. The molecule has 0 aliphatic heterocycles. The van der Waals surface area contributed by atoms with E-state index in [2.05, 4.69) is 29.0 Å². The lowest BCUT2D eigenvalue weighted by Gasteiger charge is -2.21. The van der Waals surface area contributed by atoms with Gasteiger partial charge >= 0.3 is 0 Å². The number of aromatic nitrogens is 1. The van der Waals surface area contributed by atoms with Crippen molar-refractivity contribution >= 4 is 43.8 Å². The third-order valence-electron chi connectivity index (χ3n) is 5.70. The van der Waals surface area contributed by atoms with Crippen LogP contribution in [-0.4, -0.2) is 61.6 Å². The largest absolute Gasteiger partial charge is 0.382 e. The molecular formula is C24H29F2N5O3S2. The molecule has 0 aliphatic rings. The van der Waals surface area contributed by atoms with E-state index in [0.29, 0.717) is 12.2 Å². The number of sulfonamides is 1. The third-order valence-corrected chi connectivity index (χ3v) is 8.56. The summed E-state index contributed by atoms with van der Waals surface area (Å²) in [5, 5.41) is 3.16. The summed E-state index contributed by atoms with van der Waals surface area (Å²) < 4.78 is 55.1. The van der Waals surface area contributed by atoms with Crippen LogP contribution in [-0.2, 0) is 10.0 Å². The monoisotopic (exact) mass is 537 g/mol. The molecule has 0 bridgehead atoms. The van der Waals surface area contributed by atoms with Gasteiger partial charge in [0.1, 0.15) is 22.3 Å². The smallest absolute Gasteiger partial charge is 0.242 e. The van der Waals surface area contributed by atoms with Crippen LogP contribution in [0.1, 0.15) is 35.5 Å². The number of carbonyl (C=O) groups excluding carboxylic acids is 1. The number of anilines is 3. The van der Waals surface area contributed by atoms with Crippen LogP contribution in [0.3, 0.4) is 0 Å². The molecule has 0 radical (unpaired) electrons. The molecule has 0 unspecified atom stereocenters. The first-order valence-corrected chi connectivity index (χ1v) is 13.6. The molecule has 0 aliphatic carbocycles. The zero-order valence-corrected chi connectivity index (χ0v) is 21.9. The van der Waals surface area contributed by atoms with E-state index < -0.39 is 33.0 Å². The lowest BCUT2D eigenvalue weighted by molar-refractivity contribution is 0.103. The Kier molecular flexibility index (Phi) is 9.12. The Morgan fingerprint density at radius 3 is 2.25 bits per heavy atom. The van der Waals surface area contributed by atoms with E-state index >= 15 is 0 Å². The number of hydrogen-bond donors (Lipinski definition) is 2. The molecule has 36 heavy (non-hydrogen) atoms. The van der Waals surface area contributed by atoms with Crippen LogP contribution in [0.2, 0.25) is 0 Å². The number of benzene rings is 2. The molecule has 0 amide bonds. The SMILES string of the molecule is CCN(CC)CCCN(C)S(=O)(=O)c1ccc(Nc2nc(N)c(C(=O)c3c(F)cccc3F)s2)cc1. The predicted molar refractivity (Wildman–Crippen MR) is 138 cm³/mol. The number of halogens is 2. The highest BCUT2D eigenvalue weighted by Gasteiger charge is 2.24. The molecule has 8 nitrogen and oxygen atoms in total. The van der Waals surface area contributed by atoms with Gasteiger partial charge in [0, 0.05) is 19.3 Å². The van der Waals surface area contributed by atoms with Gasteiger partial charge in [-0.25, -0.2) is 26.5 Å². The molecule has 194 valence electrons. The van der Waals surface area contributed by atoms with Gasteiger partial charge in [0.05, 0.1) is 10.5 Å². The number of carbonyl (C=O) groups is 1. The Morgan fingerprint density at radius 1 is 1.06 bits per heavy atom. The minimum Gasteiger partial charge on any atom is -0.382 e. The number of thiazole rings is 1. The number of hydrogen-bond acceptors (Lipinski definition) is 8. The first kappa shape index (κ1) is 27.7. The Labute approximate surface area is 213 Å². The van der Waals surface area contributed by atoms with Crippen LogP contribution in [0.5, 0.6) is 0 Å². The van der Waals surface area contributed by atoms with E-state index in [1.54, 1.807) is 19.2 Å². The van der Waals surface area contributed by atoms with Crippen molar-refractivity contribution < 1.29 is 22.0 Å². The molecule has 0 saturated carbocycles. The summed E-state index contributed by atoms with van der Waals surface area (Å²) in [6.45, 7) is 7.20. The number of nitrogens with zero attached hydrogens (tertiary/aromatic N) is 3. The number of nitrogen functional groups attached to an aromatic ring is 1. The summed E-state index contributed by atoms with van der Waals surface area (Å²) >= 11 is 0.844. The lowest BCUT2D eigenvalue weighted by Crippen LogP contribution is -2.31. The van der Waals surface area contributed by atoms with Gasteiger partial charge in [0.25, 0.3) is 0 Å². The van der Waals surface area contributed by atoms with Crippen LogP contribution >= 0.6 is 11.3 Å². The summed E-state index contributed by atoms with van der Waals surface area (Å²) in [7, 11) is -2.10. The first-order chi connectivity index (χ1) is 17.1. The molecule has 1 aromatic heterocycles. The van der Waals surface area contributed by atoms with Gasteiger partial charge < -0.3 is 16.0 Å². The quantitative estimate of drug-likeness (QED) is 0.331. The van der Waals surface area contributed by atoms with E-state index in [-0.39, 0.29) is 20.7 Å². The number of nitrogens with one attached hydrogen (secondary N) is 1. The van der Waals surface area contributed by atoms with Crippen LogP contribution in [0.15, 0.2) is 47.4 Å². The minimum atomic E-state index is -3.65. The maximum absolute atomic E-state index is 14.0. The molecule has 3 rings (SSSR count). The van der Waals surface area contributed by atoms with E-state index in [9.17, 15) is 22.0 Å². The molecule has 1 heterocycles. The summed E-state index contributed by atoms with van der Waals surface area (Å²) in [6.07, 6.45) is 0.723. The molecule has 2 aromatic carbocycles. The van der Waals surface area contributed by atoms with Crippen molar-refractivity contribution in [2.45, 2.75) is 25.2 Å². The second-order valence-electron chi connectivity index (χ2n) is 8.02. The lowest BCUT2D eigenvalue weighted by atomic mass is 10.1. The van der Waals surface area contributed by atoms with Crippen molar-refractivity contribution in [3.05, 3.63) is 64.5 Å². The van der Waals surface area contributed by atoms with Crippen LogP contribution in [0.25, 0.3) is 0 Å². The van der Waals surface area contributed by atoms with Gasteiger partial charge in [-0.05, 0) is 62.5 Å². The fraction of sp³-hybridized carbons (Fsp3) is 0.333. The van der Waals surface area contributed by atoms with Crippen molar-refractivity contribution in [2.75, 3.05) is 44.3 Å². The van der Waals surface area contributed by atoms with Gasteiger partial charge in [-0.2, -0.15) is 0 Å². The van der Waals surface area contributed by atoms with Crippen molar-refractivity contribution in [2.24, 2.45) is 0 Å². The van der Waals surface area contributed by atoms with Crippen molar-refractivity contribution in [3.8, 4) is 0 Å².